The molecule has 0 aliphatic rings. The van der Waals surface area contributed by atoms with Crippen LogP contribution in [0, 0.1) is 0 Å². The van der Waals surface area contributed by atoms with Crippen LogP contribution < -0.4 is 0 Å². The number of carbonyl (C=O) groups is 1. The third-order valence-electron chi connectivity index (χ3n) is 1.53. The Bertz CT molecular complexity index is 308. The van der Waals surface area contributed by atoms with Gasteiger partial charge < -0.3 is 5.11 Å². The van der Waals surface area contributed by atoms with Gasteiger partial charge in [0.25, 0.3) is 0 Å². The first kappa shape index (κ1) is 9.61. The first-order chi connectivity index (χ1) is 6.36. The van der Waals surface area contributed by atoms with Crippen LogP contribution in [0.3, 0.4) is 0 Å². The minimum absolute atomic E-state index is 0.129. The summed E-state index contributed by atoms with van der Waals surface area (Å²) in [4.78, 5) is 14.4. The average Bonchev–Trinajstić information content (AvgIpc) is 2.19. The van der Waals surface area contributed by atoms with Gasteiger partial charge in [-0.25, -0.2) is 0 Å². The van der Waals surface area contributed by atoms with Gasteiger partial charge in [0.05, 0.1) is 5.69 Å². The van der Waals surface area contributed by atoms with Gasteiger partial charge in [-0.05, 0) is 24.6 Å². The van der Waals surface area contributed by atoms with Crippen molar-refractivity contribution in [1.29, 1.82) is 0 Å². The van der Waals surface area contributed by atoms with Gasteiger partial charge in [-0.3, -0.25) is 9.78 Å². The predicted molar refractivity (Wildman–Crippen MR) is 50.4 cm³/mol. The van der Waals surface area contributed by atoms with E-state index in [9.17, 15) is 4.79 Å². The van der Waals surface area contributed by atoms with Gasteiger partial charge in [0, 0.05) is 18.4 Å². The second kappa shape index (κ2) is 5.22. The van der Waals surface area contributed by atoms with E-state index in [0.717, 1.165) is 12.0 Å². The average molecular weight is 177 g/mol. The summed E-state index contributed by atoms with van der Waals surface area (Å²) in [5, 5.41) is 8.52. The Labute approximate surface area is 76.7 Å². The minimum Gasteiger partial charge on any atom is -0.396 e. The molecule has 0 atom stereocenters. The van der Waals surface area contributed by atoms with Crippen LogP contribution in [0.25, 0.3) is 6.08 Å². The number of aliphatic hydroxyl groups excluding tert-OH is 1. The molecule has 3 heteroatoms. The summed E-state index contributed by atoms with van der Waals surface area (Å²) in [6.07, 6.45) is 6.57. The van der Waals surface area contributed by atoms with Crippen LogP contribution in [0.4, 0.5) is 0 Å². The van der Waals surface area contributed by atoms with Crippen molar-refractivity contribution in [2.75, 3.05) is 6.61 Å². The largest absolute Gasteiger partial charge is 0.396 e. The third kappa shape index (κ3) is 3.17. The molecule has 0 saturated heterocycles. The summed E-state index contributed by atoms with van der Waals surface area (Å²) < 4.78 is 0. The third-order valence-corrected chi connectivity index (χ3v) is 1.53. The lowest BCUT2D eigenvalue weighted by Gasteiger charge is -1.93. The number of aromatic nitrogens is 1. The summed E-state index contributed by atoms with van der Waals surface area (Å²) in [5.41, 5.74) is 1.34. The maximum absolute atomic E-state index is 10.4. The second-order valence-electron chi connectivity index (χ2n) is 2.55. The quantitative estimate of drug-likeness (QED) is 0.705. The first-order valence-electron chi connectivity index (χ1n) is 4.05. The molecule has 1 N–H and O–H groups in total. The lowest BCUT2D eigenvalue weighted by Crippen LogP contribution is -1.85. The first-order valence-corrected chi connectivity index (χ1v) is 4.05. The Morgan fingerprint density at radius 2 is 2.38 bits per heavy atom. The van der Waals surface area contributed by atoms with E-state index in [1.54, 1.807) is 24.4 Å². The van der Waals surface area contributed by atoms with E-state index in [4.69, 9.17) is 5.11 Å². The molecule has 68 valence electrons. The summed E-state index contributed by atoms with van der Waals surface area (Å²) in [7, 11) is 0. The van der Waals surface area contributed by atoms with Crippen LogP contribution in [0.2, 0.25) is 0 Å². The predicted octanol–water partition coefficient (Wildman–Crippen LogP) is 1.29. The van der Waals surface area contributed by atoms with E-state index < -0.39 is 0 Å². The van der Waals surface area contributed by atoms with Crippen LogP contribution in [0.5, 0.6) is 0 Å². The number of rotatable bonds is 4. The van der Waals surface area contributed by atoms with E-state index in [1.807, 2.05) is 6.08 Å². The molecule has 0 aliphatic carbocycles. The van der Waals surface area contributed by atoms with Gasteiger partial charge in [-0.2, -0.15) is 0 Å². The molecule has 13 heavy (non-hydrogen) atoms. The van der Waals surface area contributed by atoms with Crippen LogP contribution in [-0.4, -0.2) is 23.0 Å². The molecule has 1 aromatic rings. The molecule has 1 aromatic heterocycles. The van der Waals surface area contributed by atoms with Crippen LogP contribution in [-0.2, 0) is 0 Å². The van der Waals surface area contributed by atoms with Crippen molar-refractivity contribution in [3.05, 3.63) is 35.7 Å². The smallest absolute Gasteiger partial charge is 0.150 e. The molecule has 0 aliphatic heterocycles. The van der Waals surface area contributed by atoms with Gasteiger partial charge in [0.2, 0.25) is 0 Å². The van der Waals surface area contributed by atoms with Gasteiger partial charge >= 0.3 is 0 Å². The molecule has 3 nitrogen and oxygen atoms in total. The van der Waals surface area contributed by atoms with Gasteiger partial charge in [-0.1, -0.05) is 6.08 Å². The Morgan fingerprint density at radius 3 is 3.08 bits per heavy atom. The van der Waals surface area contributed by atoms with E-state index in [2.05, 4.69) is 4.98 Å². The van der Waals surface area contributed by atoms with Crippen LogP contribution in [0.1, 0.15) is 22.5 Å². The number of hydrogen-bond donors (Lipinski definition) is 1. The molecule has 0 radical (unpaired) electrons. The van der Waals surface area contributed by atoms with Gasteiger partial charge in [-0.15, -0.1) is 0 Å². The molecule has 0 saturated carbocycles. The zero-order valence-corrected chi connectivity index (χ0v) is 7.18. The molecule has 0 unspecified atom stereocenters. The van der Waals surface area contributed by atoms with Crippen molar-refractivity contribution in [2.45, 2.75) is 6.42 Å². The summed E-state index contributed by atoms with van der Waals surface area (Å²) in [6.45, 7) is 0.129. The SMILES string of the molecule is O=Cc1ccnc(C=CCCO)c1. The highest BCUT2D eigenvalue weighted by molar-refractivity contribution is 5.75. The van der Waals surface area contributed by atoms with Crippen molar-refractivity contribution >= 4 is 12.4 Å². The number of aliphatic hydroxyl groups is 1. The van der Waals surface area contributed by atoms with Gasteiger partial charge in [0.1, 0.15) is 6.29 Å². The van der Waals surface area contributed by atoms with Crippen molar-refractivity contribution in [1.82, 2.24) is 4.98 Å². The number of carbonyl (C=O) groups excluding carboxylic acids is 1. The van der Waals surface area contributed by atoms with E-state index in [1.165, 1.54) is 0 Å². The van der Waals surface area contributed by atoms with E-state index in [-0.39, 0.29) is 6.61 Å². The fourth-order valence-corrected chi connectivity index (χ4v) is 0.909. The van der Waals surface area contributed by atoms with Crippen molar-refractivity contribution in [3.8, 4) is 0 Å². The minimum atomic E-state index is 0.129. The maximum Gasteiger partial charge on any atom is 0.150 e. The topological polar surface area (TPSA) is 50.2 Å². The van der Waals surface area contributed by atoms with E-state index in [0.29, 0.717) is 12.0 Å². The Balaban J connectivity index is 2.71. The second-order valence-corrected chi connectivity index (χ2v) is 2.55. The molecule has 0 fully saturated rings. The zero-order chi connectivity index (χ0) is 9.52. The molecular formula is C10H11NO2. The molecule has 0 bridgehead atoms. The highest BCUT2D eigenvalue weighted by Gasteiger charge is 1.91. The standard InChI is InChI=1S/C10H11NO2/c12-6-2-1-3-10-7-9(8-13)4-5-11-10/h1,3-5,7-8,12H,2,6H2. The van der Waals surface area contributed by atoms with Crippen molar-refractivity contribution < 1.29 is 9.90 Å². The lowest BCUT2D eigenvalue weighted by atomic mass is 10.2. The summed E-state index contributed by atoms with van der Waals surface area (Å²) >= 11 is 0. The molecule has 0 amide bonds. The Hall–Kier alpha value is -1.48. The van der Waals surface area contributed by atoms with E-state index >= 15 is 0 Å². The fourth-order valence-electron chi connectivity index (χ4n) is 0.909. The molecule has 0 aromatic carbocycles. The lowest BCUT2D eigenvalue weighted by molar-refractivity contribution is 0.112. The monoisotopic (exact) mass is 177 g/mol. The maximum atomic E-state index is 10.4. The summed E-state index contributed by atoms with van der Waals surface area (Å²) in [5.74, 6) is 0. The number of aldehydes is 1. The number of pyridine rings is 1. The zero-order valence-electron chi connectivity index (χ0n) is 7.18. The fraction of sp³-hybridized carbons (Fsp3) is 0.200. The highest BCUT2D eigenvalue weighted by Crippen LogP contribution is 2.01. The van der Waals surface area contributed by atoms with Crippen molar-refractivity contribution in [2.24, 2.45) is 0 Å². The Morgan fingerprint density at radius 1 is 1.54 bits per heavy atom. The van der Waals surface area contributed by atoms with Crippen LogP contribution in [0.15, 0.2) is 24.4 Å². The number of nitrogens with zero attached hydrogens (tertiary/aromatic N) is 1. The molecular weight excluding hydrogens is 166 g/mol. The van der Waals surface area contributed by atoms with Gasteiger partial charge in [0.15, 0.2) is 0 Å². The molecule has 1 heterocycles. The summed E-state index contributed by atoms with van der Waals surface area (Å²) in [6, 6.07) is 3.34. The Kier molecular flexibility index (Phi) is 3.85. The number of hydrogen-bond acceptors (Lipinski definition) is 3. The van der Waals surface area contributed by atoms with Crippen molar-refractivity contribution in [3.63, 3.8) is 0 Å². The normalized spacial score (nSPS) is 10.5. The molecule has 0 spiro atoms. The van der Waals surface area contributed by atoms with Crippen LogP contribution >= 0.6 is 0 Å². The molecule has 1 rings (SSSR count). The highest BCUT2D eigenvalue weighted by atomic mass is 16.2.